The molecule has 0 aromatic carbocycles. The number of nitrogens with one attached hydrogen (secondary N) is 2. The molecule has 110 valence electrons. The first-order valence-corrected chi connectivity index (χ1v) is 8.01. The van der Waals surface area contributed by atoms with Crippen molar-refractivity contribution >= 4 is 6.03 Å². The van der Waals surface area contributed by atoms with E-state index < -0.39 is 0 Å². The third-order valence-corrected chi connectivity index (χ3v) is 4.32. The molecule has 2 amide bonds. The van der Waals surface area contributed by atoms with Gasteiger partial charge in [-0.2, -0.15) is 0 Å². The van der Waals surface area contributed by atoms with Crippen LogP contribution in [0, 0.1) is 5.92 Å². The first-order valence-electron chi connectivity index (χ1n) is 8.01. The molecule has 2 N–H and O–H groups in total. The number of urea groups is 1. The van der Waals surface area contributed by atoms with E-state index in [1.807, 2.05) is 0 Å². The van der Waals surface area contributed by atoms with Crippen LogP contribution in [0.2, 0.25) is 0 Å². The summed E-state index contributed by atoms with van der Waals surface area (Å²) in [6.45, 7) is 6.59. The predicted octanol–water partition coefficient (Wildman–Crippen LogP) is 2.35. The number of rotatable bonds is 5. The highest BCUT2D eigenvalue weighted by molar-refractivity contribution is 5.74. The molecule has 4 nitrogen and oxygen atoms in total. The van der Waals surface area contributed by atoms with Crippen molar-refractivity contribution in [2.24, 2.45) is 5.92 Å². The summed E-state index contributed by atoms with van der Waals surface area (Å²) in [7, 11) is 0. The summed E-state index contributed by atoms with van der Waals surface area (Å²) in [6, 6.07) is 0.433. The lowest BCUT2D eigenvalue weighted by Gasteiger charge is -2.24. The van der Waals surface area contributed by atoms with Crippen molar-refractivity contribution in [2.45, 2.75) is 57.9 Å². The van der Waals surface area contributed by atoms with Crippen LogP contribution in [-0.2, 0) is 0 Å². The number of hydrogen-bond acceptors (Lipinski definition) is 2. The average molecular weight is 267 g/mol. The molecule has 2 rings (SSSR count). The molecular weight excluding hydrogens is 238 g/mol. The van der Waals surface area contributed by atoms with Crippen molar-refractivity contribution in [3.63, 3.8) is 0 Å². The quantitative estimate of drug-likeness (QED) is 0.803. The zero-order valence-corrected chi connectivity index (χ0v) is 12.3. The number of carbonyl (C=O) groups is 1. The second kappa shape index (κ2) is 7.73. The van der Waals surface area contributed by atoms with E-state index in [-0.39, 0.29) is 6.03 Å². The molecule has 0 aromatic heterocycles. The molecule has 1 heterocycles. The van der Waals surface area contributed by atoms with Gasteiger partial charge in [0.1, 0.15) is 0 Å². The van der Waals surface area contributed by atoms with Crippen LogP contribution >= 0.6 is 0 Å². The number of likely N-dealkylation sites (tertiary alicyclic amines) is 1. The number of amides is 2. The van der Waals surface area contributed by atoms with Gasteiger partial charge in [0.2, 0.25) is 0 Å². The SMILES string of the molecule is CC(CNC(=O)NC1CCCCC1)CN1CCCC1. The van der Waals surface area contributed by atoms with E-state index in [0.717, 1.165) is 25.9 Å². The molecule has 4 heteroatoms. The number of carbonyl (C=O) groups excluding carboxylic acids is 1. The Morgan fingerprint density at radius 1 is 1.16 bits per heavy atom. The van der Waals surface area contributed by atoms with Gasteiger partial charge in [0, 0.05) is 19.1 Å². The summed E-state index contributed by atoms with van der Waals surface area (Å²) < 4.78 is 0. The van der Waals surface area contributed by atoms with E-state index >= 15 is 0 Å². The van der Waals surface area contributed by atoms with Gasteiger partial charge >= 0.3 is 6.03 Å². The molecule has 0 spiro atoms. The molecule has 1 saturated carbocycles. The standard InChI is InChI=1S/C15H29N3O/c1-13(12-18-9-5-6-10-18)11-16-15(19)17-14-7-3-2-4-8-14/h13-14H,2-12H2,1H3,(H2,16,17,19). The van der Waals surface area contributed by atoms with Crippen LogP contribution in [0.4, 0.5) is 4.79 Å². The lowest BCUT2D eigenvalue weighted by Crippen LogP contribution is -2.45. The fourth-order valence-electron chi connectivity index (χ4n) is 3.22. The van der Waals surface area contributed by atoms with Crippen molar-refractivity contribution in [1.82, 2.24) is 15.5 Å². The zero-order valence-electron chi connectivity index (χ0n) is 12.3. The molecular formula is C15H29N3O. The van der Waals surface area contributed by atoms with Crippen molar-refractivity contribution in [2.75, 3.05) is 26.2 Å². The summed E-state index contributed by atoms with van der Waals surface area (Å²) in [5, 5.41) is 6.13. The Labute approximate surface area is 117 Å². The molecule has 0 bridgehead atoms. The molecule has 2 fully saturated rings. The topological polar surface area (TPSA) is 44.4 Å². The number of hydrogen-bond donors (Lipinski definition) is 2. The van der Waals surface area contributed by atoms with Gasteiger partial charge in [-0.05, 0) is 44.7 Å². The highest BCUT2D eigenvalue weighted by Crippen LogP contribution is 2.17. The normalized spacial score (nSPS) is 23.2. The maximum absolute atomic E-state index is 11.8. The molecule has 0 aromatic rings. The van der Waals surface area contributed by atoms with Crippen molar-refractivity contribution < 1.29 is 4.79 Å². The maximum atomic E-state index is 11.8. The van der Waals surface area contributed by atoms with Gasteiger partial charge < -0.3 is 15.5 Å². The summed E-state index contributed by atoms with van der Waals surface area (Å²) in [4.78, 5) is 14.3. The minimum atomic E-state index is 0.0279. The van der Waals surface area contributed by atoms with Crippen LogP contribution in [0.5, 0.6) is 0 Å². The van der Waals surface area contributed by atoms with Crippen LogP contribution in [0.15, 0.2) is 0 Å². The van der Waals surface area contributed by atoms with Gasteiger partial charge in [0.05, 0.1) is 0 Å². The minimum absolute atomic E-state index is 0.0279. The van der Waals surface area contributed by atoms with E-state index in [4.69, 9.17) is 0 Å². The molecule has 2 aliphatic rings. The van der Waals surface area contributed by atoms with Crippen LogP contribution in [0.1, 0.15) is 51.9 Å². The van der Waals surface area contributed by atoms with E-state index in [0.29, 0.717) is 12.0 Å². The van der Waals surface area contributed by atoms with E-state index in [9.17, 15) is 4.79 Å². The highest BCUT2D eigenvalue weighted by atomic mass is 16.2. The van der Waals surface area contributed by atoms with Crippen LogP contribution < -0.4 is 10.6 Å². The van der Waals surface area contributed by atoms with Gasteiger partial charge in [-0.15, -0.1) is 0 Å². The summed E-state index contributed by atoms with van der Waals surface area (Å²) >= 11 is 0. The zero-order chi connectivity index (χ0) is 13.5. The predicted molar refractivity (Wildman–Crippen MR) is 78.2 cm³/mol. The van der Waals surface area contributed by atoms with Gasteiger partial charge in [0.25, 0.3) is 0 Å². The second-order valence-electron chi connectivity index (χ2n) is 6.30. The Hall–Kier alpha value is -0.770. The fraction of sp³-hybridized carbons (Fsp3) is 0.933. The van der Waals surface area contributed by atoms with Gasteiger partial charge in [0.15, 0.2) is 0 Å². The lowest BCUT2D eigenvalue weighted by atomic mass is 9.96. The molecule has 19 heavy (non-hydrogen) atoms. The second-order valence-corrected chi connectivity index (χ2v) is 6.30. The first kappa shape index (κ1) is 14.6. The largest absolute Gasteiger partial charge is 0.338 e. The molecule has 1 atom stereocenters. The van der Waals surface area contributed by atoms with E-state index in [1.165, 1.54) is 45.2 Å². The van der Waals surface area contributed by atoms with Gasteiger partial charge in [-0.3, -0.25) is 0 Å². The maximum Gasteiger partial charge on any atom is 0.315 e. The Balaban J connectivity index is 1.56. The van der Waals surface area contributed by atoms with E-state index in [2.05, 4.69) is 22.5 Å². The Kier molecular flexibility index (Phi) is 5.95. The number of nitrogens with zero attached hydrogens (tertiary/aromatic N) is 1. The van der Waals surface area contributed by atoms with Crippen molar-refractivity contribution in [3.05, 3.63) is 0 Å². The molecule has 1 unspecified atom stereocenters. The Morgan fingerprint density at radius 2 is 1.84 bits per heavy atom. The third-order valence-electron chi connectivity index (χ3n) is 4.32. The van der Waals surface area contributed by atoms with Crippen LogP contribution in [0.3, 0.4) is 0 Å². The average Bonchev–Trinajstić information content (AvgIpc) is 2.90. The lowest BCUT2D eigenvalue weighted by molar-refractivity contribution is 0.227. The van der Waals surface area contributed by atoms with Crippen LogP contribution in [-0.4, -0.2) is 43.2 Å². The van der Waals surface area contributed by atoms with Crippen molar-refractivity contribution in [3.8, 4) is 0 Å². The molecule has 1 aliphatic heterocycles. The molecule has 0 radical (unpaired) electrons. The molecule has 1 saturated heterocycles. The highest BCUT2D eigenvalue weighted by Gasteiger charge is 2.17. The summed E-state index contributed by atoms with van der Waals surface area (Å²) in [6.07, 6.45) is 8.82. The van der Waals surface area contributed by atoms with E-state index in [1.54, 1.807) is 0 Å². The van der Waals surface area contributed by atoms with Gasteiger partial charge in [-0.1, -0.05) is 26.2 Å². The first-order chi connectivity index (χ1) is 9.24. The van der Waals surface area contributed by atoms with Gasteiger partial charge in [-0.25, -0.2) is 4.79 Å². The summed E-state index contributed by atoms with van der Waals surface area (Å²) in [5.74, 6) is 0.537. The van der Waals surface area contributed by atoms with Crippen LogP contribution in [0.25, 0.3) is 0 Å². The molecule has 1 aliphatic carbocycles. The monoisotopic (exact) mass is 267 g/mol. The Bertz CT molecular complexity index is 271. The fourth-order valence-corrected chi connectivity index (χ4v) is 3.22. The smallest absolute Gasteiger partial charge is 0.315 e. The Morgan fingerprint density at radius 3 is 2.53 bits per heavy atom. The van der Waals surface area contributed by atoms with Crippen molar-refractivity contribution in [1.29, 1.82) is 0 Å². The summed E-state index contributed by atoms with van der Waals surface area (Å²) in [5.41, 5.74) is 0. The minimum Gasteiger partial charge on any atom is -0.338 e. The third kappa shape index (κ3) is 5.39.